The number of fused-ring (bicyclic) bond motifs is 1. The van der Waals surface area contributed by atoms with Crippen LogP contribution in [0.15, 0.2) is 42.7 Å². The van der Waals surface area contributed by atoms with Crippen molar-refractivity contribution in [2.45, 2.75) is 38.7 Å². The molecule has 1 saturated heterocycles. The molecule has 1 fully saturated rings. The summed E-state index contributed by atoms with van der Waals surface area (Å²) in [6.07, 6.45) is 5.34. The fourth-order valence-corrected chi connectivity index (χ4v) is 3.81. The number of hydrogen-bond donors (Lipinski definition) is 3. The Morgan fingerprint density at radius 2 is 1.76 bits per heavy atom. The lowest BCUT2D eigenvalue weighted by molar-refractivity contribution is -0.191. The molecule has 1 aliphatic rings. The van der Waals surface area contributed by atoms with Gasteiger partial charge in [-0.1, -0.05) is 38.1 Å². The molecule has 182 valence electrons. The molecule has 0 saturated carbocycles. The number of aliphatic hydroxyl groups is 1. The predicted molar refractivity (Wildman–Crippen MR) is 132 cm³/mol. The second-order valence-electron chi connectivity index (χ2n) is 7.83. The highest BCUT2D eigenvalue weighted by Crippen LogP contribution is 2.30. The number of rotatable bonds is 6. The summed E-state index contributed by atoms with van der Waals surface area (Å²) < 4.78 is 0. The minimum atomic E-state index is -0.638. The first-order valence-corrected chi connectivity index (χ1v) is 11.6. The van der Waals surface area contributed by atoms with Crippen LogP contribution in [0.1, 0.15) is 38.2 Å². The van der Waals surface area contributed by atoms with E-state index in [1.165, 1.54) is 18.4 Å². The zero-order valence-electron chi connectivity index (χ0n) is 20.1. The van der Waals surface area contributed by atoms with Gasteiger partial charge in [0.15, 0.2) is 5.82 Å². The largest absolute Gasteiger partial charge is 0.390 e. The highest BCUT2D eigenvalue weighted by molar-refractivity contribution is 5.88. The second kappa shape index (κ2) is 14.1. The Morgan fingerprint density at radius 3 is 2.38 bits per heavy atom. The fraction of sp³-hybridized carbons (Fsp3) is 0.440. The summed E-state index contributed by atoms with van der Waals surface area (Å²) in [5.41, 5.74) is 10.2. The molecule has 4 rings (SSSR count). The zero-order chi connectivity index (χ0) is 24.9. The molecule has 0 bridgehead atoms. The van der Waals surface area contributed by atoms with E-state index in [0.29, 0.717) is 23.8 Å². The first kappa shape index (κ1) is 27.0. The van der Waals surface area contributed by atoms with Crippen molar-refractivity contribution in [3.63, 3.8) is 0 Å². The van der Waals surface area contributed by atoms with E-state index in [1.54, 1.807) is 12.4 Å². The van der Waals surface area contributed by atoms with Gasteiger partial charge in [0.05, 0.1) is 17.3 Å². The SMILES string of the molecule is CC.CN1CCC(c2ccc(-c3cc4nccnc4c(NCC(O)CN)n3)cc2)CC1.O=C=O. The molecule has 0 aliphatic carbocycles. The number of hydrogen-bond acceptors (Lipinski definition) is 9. The Morgan fingerprint density at radius 1 is 1.15 bits per heavy atom. The highest BCUT2D eigenvalue weighted by Gasteiger charge is 2.18. The average Bonchev–Trinajstić information content (AvgIpc) is 2.89. The van der Waals surface area contributed by atoms with Crippen molar-refractivity contribution in [1.29, 1.82) is 0 Å². The molecule has 0 spiro atoms. The lowest BCUT2D eigenvalue weighted by atomic mass is 9.89. The van der Waals surface area contributed by atoms with E-state index in [4.69, 9.17) is 20.3 Å². The van der Waals surface area contributed by atoms with Gasteiger partial charge >= 0.3 is 6.15 Å². The Kier molecular flexibility index (Phi) is 11.2. The van der Waals surface area contributed by atoms with Crippen molar-refractivity contribution in [2.24, 2.45) is 5.73 Å². The molecule has 9 heteroatoms. The van der Waals surface area contributed by atoms with Gasteiger partial charge in [-0.15, -0.1) is 0 Å². The summed E-state index contributed by atoms with van der Waals surface area (Å²) in [6, 6.07) is 10.7. The molecule has 1 aromatic carbocycles. The molecule has 0 radical (unpaired) electrons. The molecule has 1 aliphatic heterocycles. The Bertz CT molecular complexity index is 1050. The van der Waals surface area contributed by atoms with Crippen molar-refractivity contribution >= 4 is 23.0 Å². The van der Waals surface area contributed by atoms with Gasteiger partial charge in [0, 0.05) is 31.0 Å². The van der Waals surface area contributed by atoms with Crippen LogP contribution >= 0.6 is 0 Å². The number of aromatic nitrogens is 3. The summed E-state index contributed by atoms with van der Waals surface area (Å²) in [5.74, 6) is 1.24. The first-order chi connectivity index (χ1) is 16.5. The van der Waals surface area contributed by atoms with Crippen molar-refractivity contribution in [2.75, 3.05) is 38.5 Å². The molecule has 34 heavy (non-hydrogen) atoms. The normalized spacial score (nSPS) is 14.7. The maximum Gasteiger partial charge on any atom is 0.373 e. The third-order valence-corrected chi connectivity index (χ3v) is 5.63. The molecular weight excluding hydrogens is 432 g/mol. The number of aliphatic hydroxyl groups excluding tert-OH is 1. The van der Waals surface area contributed by atoms with Crippen LogP contribution in [-0.2, 0) is 9.59 Å². The molecule has 3 heterocycles. The first-order valence-electron chi connectivity index (χ1n) is 11.6. The summed E-state index contributed by atoms with van der Waals surface area (Å²) in [4.78, 5) is 32.2. The van der Waals surface area contributed by atoms with Gasteiger partial charge in [-0.05, 0) is 50.5 Å². The molecule has 1 atom stereocenters. The van der Waals surface area contributed by atoms with Gasteiger partial charge in [-0.25, -0.2) is 9.97 Å². The number of carbonyl (C=O) groups excluding carboxylic acids is 2. The van der Waals surface area contributed by atoms with Crippen LogP contribution in [0.2, 0.25) is 0 Å². The van der Waals surface area contributed by atoms with Gasteiger partial charge in [0.1, 0.15) is 5.52 Å². The van der Waals surface area contributed by atoms with E-state index in [-0.39, 0.29) is 12.7 Å². The standard InChI is InChI=1S/C22H28N6O.C2H6.CO2/c1-28-10-6-16(7-11-28)15-2-4-17(5-3-15)19-12-20-21(25-9-8-24-20)22(27-19)26-14-18(29)13-23;1-2;2-1-3/h2-5,8-9,12,16,18,29H,6-7,10-11,13-14,23H2,1H3,(H,26,27);1-2H3;. The quantitative estimate of drug-likeness (QED) is 0.501. The highest BCUT2D eigenvalue weighted by atomic mass is 16.3. The van der Waals surface area contributed by atoms with E-state index < -0.39 is 6.10 Å². The Hall–Kier alpha value is -3.23. The summed E-state index contributed by atoms with van der Waals surface area (Å²) in [7, 11) is 2.19. The summed E-state index contributed by atoms with van der Waals surface area (Å²) >= 11 is 0. The van der Waals surface area contributed by atoms with Gasteiger partial charge in [-0.2, -0.15) is 9.59 Å². The number of anilines is 1. The molecular formula is C25H34N6O3. The van der Waals surface area contributed by atoms with Crippen molar-refractivity contribution < 1.29 is 14.7 Å². The van der Waals surface area contributed by atoms with Gasteiger partial charge in [-0.3, -0.25) is 4.98 Å². The number of nitrogens with one attached hydrogen (secondary N) is 1. The zero-order valence-corrected chi connectivity index (χ0v) is 20.1. The second-order valence-corrected chi connectivity index (χ2v) is 7.83. The summed E-state index contributed by atoms with van der Waals surface area (Å²) in [6.45, 7) is 6.81. The van der Waals surface area contributed by atoms with Crippen LogP contribution in [-0.4, -0.2) is 70.4 Å². The third-order valence-electron chi connectivity index (χ3n) is 5.63. The lowest BCUT2D eigenvalue weighted by Gasteiger charge is -2.29. The predicted octanol–water partition coefficient (Wildman–Crippen LogP) is 2.68. The average molecular weight is 467 g/mol. The van der Waals surface area contributed by atoms with E-state index in [0.717, 1.165) is 29.9 Å². The van der Waals surface area contributed by atoms with Crippen LogP contribution in [0.25, 0.3) is 22.3 Å². The number of pyridine rings is 1. The van der Waals surface area contributed by atoms with Crippen molar-refractivity contribution in [3.05, 3.63) is 48.3 Å². The topological polar surface area (TPSA) is 134 Å². The van der Waals surface area contributed by atoms with E-state index >= 15 is 0 Å². The van der Waals surface area contributed by atoms with Crippen LogP contribution in [0.5, 0.6) is 0 Å². The number of piperidine rings is 1. The Balaban J connectivity index is 0.000000758. The molecule has 9 nitrogen and oxygen atoms in total. The molecule has 0 amide bonds. The maximum absolute atomic E-state index is 9.79. The van der Waals surface area contributed by atoms with Gasteiger partial charge in [0.25, 0.3) is 0 Å². The Labute approximate surface area is 200 Å². The van der Waals surface area contributed by atoms with E-state index in [2.05, 4.69) is 51.5 Å². The number of benzene rings is 1. The fourth-order valence-electron chi connectivity index (χ4n) is 3.81. The number of likely N-dealkylation sites (tertiary alicyclic amines) is 1. The number of nitrogens with two attached hydrogens (primary N) is 1. The van der Waals surface area contributed by atoms with Gasteiger partial charge < -0.3 is 21.1 Å². The third kappa shape index (κ3) is 7.40. The van der Waals surface area contributed by atoms with Crippen LogP contribution in [0, 0.1) is 0 Å². The minimum Gasteiger partial charge on any atom is -0.390 e. The lowest BCUT2D eigenvalue weighted by Crippen LogP contribution is -2.29. The van der Waals surface area contributed by atoms with E-state index in [1.807, 2.05) is 19.9 Å². The monoisotopic (exact) mass is 466 g/mol. The molecule has 4 N–H and O–H groups in total. The maximum atomic E-state index is 9.79. The summed E-state index contributed by atoms with van der Waals surface area (Å²) in [5, 5.41) is 13.0. The smallest absolute Gasteiger partial charge is 0.373 e. The molecule has 3 aromatic rings. The number of nitrogens with zero attached hydrogens (tertiary/aromatic N) is 4. The minimum absolute atomic E-state index is 0.189. The molecule has 1 unspecified atom stereocenters. The van der Waals surface area contributed by atoms with Crippen LogP contribution in [0.3, 0.4) is 0 Å². The van der Waals surface area contributed by atoms with Crippen molar-refractivity contribution in [1.82, 2.24) is 19.9 Å². The van der Waals surface area contributed by atoms with E-state index in [9.17, 15) is 5.11 Å². The van der Waals surface area contributed by atoms with Crippen LogP contribution in [0.4, 0.5) is 5.82 Å². The van der Waals surface area contributed by atoms with Crippen LogP contribution < -0.4 is 11.1 Å². The van der Waals surface area contributed by atoms with Crippen molar-refractivity contribution in [3.8, 4) is 11.3 Å². The molecule has 2 aromatic heterocycles. The van der Waals surface area contributed by atoms with Gasteiger partial charge in [0.2, 0.25) is 0 Å².